The van der Waals surface area contributed by atoms with Crippen LogP contribution in [0.2, 0.25) is 0 Å². The molecule has 0 aliphatic heterocycles. The summed E-state index contributed by atoms with van der Waals surface area (Å²) in [6.45, 7) is 0.0443. The van der Waals surface area contributed by atoms with E-state index >= 15 is 0 Å². The monoisotopic (exact) mass is 373 g/mol. The molecule has 0 bridgehead atoms. The number of benzene rings is 2. The lowest BCUT2D eigenvalue weighted by atomic mass is 9.99. The average molecular weight is 373 g/mol. The van der Waals surface area contributed by atoms with Crippen molar-refractivity contribution in [3.8, 4) is 22.4 Å². The van der Waals surface area contributed by atoms with Gasteiger partial charge in [-0.15, -0.1) is 0 Å². The zero-order valence-electron chi connectivity index (χ0n) is 14.9. The number of nitrogens with zero attached hydrogens (tertiary/aromatic N) is 6. The van der Waals surface area contributed by atoms with Crippen molar-refractivity contribution in [1.29, 1.82) is 0 Å². The van der Waals surface area contributed by atoms with Gasteiger partial charge in [0, 0.05) is 23.6 Å². The first kappa shape index (κ1) is 16.3. The molecular formula is C19H15N7O2. The van der Waals surface area contributed by atoms with Crippen molar-refractivity contribution < 1.29 is 4.63 Å². The number of aromatic nitrogens is 6. The lowest BCUT2D eigenvalue weighted by Crippen LogP contribution is -2.26. The highest BCUT2D eigenvalue weighted by atomic mass is 16.6. The van der Waals surface area contributed by atoms with Crippen LogP contribution >= 0.6 is 0 Å². The first-order valence-corrected chi connectivity index (χ1v) is 8.61. The molecule has 0 unspecified atom stereocenters. The molecule has 2 aromatic carbocycles. The Kier molecular flexibility index (Phi) is 3.56. The largest absolute Gasteiger partial charge is 0.312 e. The Hall–Kier alpha value is -3.85. The van der Waals surface area contributed by atoms with E-state index < -0.39 is 0 Å². The summed E-state index contributed by atoms with van der Waals surface area (Å²) in [6.07, 6.45) is 3.45. The highest BCUT2D eigenvalue weighted by Crippen LogP contribution is 2.33. The van der Waals surface area contributed by atoms with Gasteiger partial charge in [-0.1, -0.05) is 12.1 Å². The molecule has 0 spiro atoms. The Morgan fingerprint density at radius 1 is 1.00 bits per heavy atom. The lowest BCUT2D eigenvalue weighted by molar-refractivity contribution is 0.315. The normalized spacial score (nSPS) is 11.5. The first-order valence-electron chi connectivity index (χ1n) is 8.61. The quantitative estimate of drug-likeness (QED) is 0.513. The van der Waals surface area contributed by atoms with Crippen molar-refractivity contribution in [2.24, 2.45) is 12.8 Å². The molecule has 0 saturated carbocycles. The summed E-state index contributed by atoms with van der Waals surface area (Å²) in [7, 11) is 1.88. The third kappa shape index (κ3) is 2.41. The smallest absolute Gasteiger partial charge is 0.275 e. The van der Waals surface area contributed by atoms with Gasteiger partial charge in [-0.3, -0.25) is 9.48 Å². The Labute approximate surface area is 158 Å². The molecule has 138 valence electrons. The van der Waals surface area contributed by atoms with Gasteiger partial charge in [0.05, 0.1) is 30.1 Å². The molecule has 3 aromatic heterocycles. The fraction of sp³-hybridized carbons (Fsp3) is 0.105. The second kappa shape index (κ2) is 6.10. The van der Waals surface area contributed by atoms with Gasteiger partial charge in [0.15, 0.2) is 0 Å². The topological polar surface area (TPSA) is 118 Å². The number of aryl methyl sites for hydroxylation is 1. The standard InChI is InChI=1S/C19H15N7O2/c1-25-18(12-3-5-16-17(7-12)24-28-23-16)15(9-21-25)11-2-4-14-13(6-11)8-22-26(10-20)19(14)27/h2-9H,10,20H2,1H3. The Balaban J connectivity index is 1.69. The van der Waals surface area contributed by atoms with Crippen molar-refractivity contribution in [3.63, 3.8) is 0 Å². The van der Waals surface area contributed by atoms with Crippen LogP contribution in [0.15, 0.2) is 58.2 Å². The van der Waals surface area contributed by atoms with Gasteiger partial charge in [0.2, 0.25) is 0 Å². The molecule has 2 N–H and O–H groups in total. The van der Waals surface area contributed by atoms with Crippen LogP contribution < -0.4 is 11.3 Å². The molecule has 0 atom stereocenters. The van der Waals surface area contributed by atoms with E-state index in [4.69, 9.17) is 10.4 Å². The van der Waals surface area contributed by atoms with E-state index in [0.717, 1.165) is 27.8 Å². The average Bonchev–Trinajstić information content (AvgIpc) is 3.33. The van der Waals surface area contributed by atoms with Gasteiger partial charge in [-0.05, 0) is 40.1 Å². The molecule has 5 rings (SSSR count). The van der Waals surface area contributed by atoms with Gasteiger partial charge in [0.1, 0.15) is 11.0 Å². The summed E-state index contributed by atoms with van der Waals surface area (Å²) in [5, 5.41) is 17.6. The second-order valence-electron chi connectivity index (χ2n) is 6.43. The fourth-order valence-corrected chi connectivity index (χ4v) is 3.41. The molecule has 0 amide bonds. The van der Waals surface area contributed by atoms with Gasteiger partial charge in [-0.2, -0.15) is 10.2 Å². The fourth-order valence-electron chi connectivity index (χ4n) is 3.41. The van der Waals surface area contributed by atoms with Crippen LogP contribution in [0.5, 0.6) is 0 Å². The maximum Gasteiger partial charge on any atom is 0.275 e. The van der Waals surface area contributed by atoms with Crippen LogP contribution in [0.4, 0.5) is 0 Å². The molecule has 0 aliphatic rings. The van der Waals surface area contributed by atoms with E-state index in [0.29, 0.717) is 16.4 Å². The van der Waals surface area contributed by atoms with Gasteiger partial charge in [-0.25, -0.2) is 9.31 Å². The lowest BCUT2D eigenvalue weighted by Gasteiger charge is -2.08. The minimum Gasteiger partial charge on any atom is -0.312 e. The zero-order valence-corrected chi connectivity index (χ0v) is 14.9. The molecule has 28 heavy (non-hydrogen) atoms. The van der Waals surface area contributed by atoms with E-state index in [-0.39, 0.29) is 12.2 Å². The molecule has 0 aliphatic carbocycles. The Morgan fingerprint density at radius 3 is 2.68 bits per heavy atom. The molecule has 9 heteroatoms. The maximum atomic E-state index is 12.4. The van der Waals surface area contributed by atoms with Gasteiger partial charge >= 0.3 is 0 Å². The molecule has 0 saturated heterocycles. The summed E-state index contributed by atoms with van der Waals surface area (Å²) < 4.78 is 7.83. The number of nitrogens with two attached hydrogens (primary N) is 1. The van der Waals surface area contributed by atoms with Crippen molar-refractivity contribution >= 4 is 21.8 Å². The van der Waals surface area contributed by atoms with E-state index in [9.17, 15) is 4.79 Å². The molecule has 0 radical (unpaired) electrons. The third-order valence-corrected chi connectivity index (χ3v) is 4.80. The summed E-state index contributed by atoms with van der Waals surface area (Å²) in [6, 6.07) is 11.4. The summed E-state index contributed by atoms with van der Waals surface area (Å²) >= 11 is 0. The number of rotatable bonds is 3. The first-order chi connectivity index (χ1) is 13.7. The highest BCUT2D eigenvalue weighted by Gasteiger charge is 2.15. The van der Waals surface area contributed by atoms with E-state index in [1.807, 2.05) is 37.4 Å². The van der Waals surface area contributed by atoms with Gasteiger partial charge < -0.3 is 5.73 Å². The summed E-state index contributed by atoms with van der Waals surface area (Å²) in [4.78, 5) is 12.4. The van der Waals surface area contributed by atoms with Crippen LogP contribution in [0.25, 0.3) is 44.2 Å². The predicted molar refractivity (Wildman–Crippen MR) is 103 cm³/mol. The van der Waals surface area contributed by atoms with Crippen LogP contribution in [0.1, 0.15) is 0 Å². The van der Waals surface area contributed by atoms with Crippen LogP contribution in [0.3, 0.4) is 0 Å². The Morgan fingerprint density at radius 2 is 1.82 bits per heavy atom. The van der Waals surface area contributed by atoms with E-state index in [1.54, 1.807) is 23.1 Å². The molecule has 9 nitrogen and oxygen atoms in total. The molecule has 3 heterocycles. The van der Waals surface area contributed by atoms with Crippen molar-refractivity contribution in [2.75, 3.05) is 0 Å². The number of fused-ring (bicyclic) bond motifs is 2. The molecular weight excluding hydrogens is 358 g/mol. The SMILES string of the molecule is Cn1ncc(-c2ccc3c(=O)n(CN)ncc3c2)c1-c1ccc2nonc2c1. The highest BCUT2D eigenvalue weighted by molar-refractivity contribution is 5.91. The second-order valence-corrected chi connectivity index (χ2v) is 6.43. The summed E-state index contributed by atoms with van der Waals surface area (Å²) in [5.41, 5.74) is 10.4. The summed E-state index contributed by atoms with van der Waals surface area (Å²) in [5.74, 6) is 0. The molecule has 5 aromatic rings. The minimum absolute atomic E-state index is 0.0443. The number of hydrogen-bond donors (Lipinski definition) is 1. The zero-order chi connectivity index (χ0) is 19.3. The van der Waals surface area contributed by atoms with Crippen molar-refractivity contribution in [2.45, 2.75) is 6.67 Å². The predicted octanol–water partition coefficient (Wildman–Crippen LogP) is 1.92. The van der Waals surface area contributed by atoms with Crippen LogP contribution in [0, 0.1) is 0 Å². The van der Waals surface area contributed by atoms with E-state index in [2.05, 4.69) is 20.5 Å². The number of hydrogen-bond acceptors (Lipinski definition) is 7. The molecule has 0 fully saturated rings. The minimum atomic E-state index is -0.207. The van der Waals surface area contributed by atoms with Crippen LogP contribution in [-0.2, 0) is 13.7 Å². The Bertz CT molecular complexity index is 1400. The maximum absolute atomic E-state index is 12.4. The van der Waals surface area contributed by atoms with Crippen molar-refractivity contribution in [1.82, 2.24) is 29.9 Å². The van der Waals surface area contributed by atoms with Crippen LogP contribution in [-0.4, -0.2) is 29.9 Å². The van der Waals surface area contributed by atoms with Crippen molar-refractivity contribution in [3.05, 3.63) is 59.1 Å². The van der Waals surface area contributed by atoms with E-state index in [1.165, 1.54) is 4.68 Å². The third-order valence-electron chi connectivity index (χ3n) is 4.80. The van der Waals surface area contributed by atoms with Gasteiger partial charge in [0.25, 0.3) is 5.56 Å².